The summed E-state index contributed by atoms with van der Waals surface area (Å²) < 4.78 is 1.14. The van der Waals surface area contributed by atoms with Crippen molar-refractivity contribution in [3.8, 4) is 10.6 Å². The van der Waals surface area contributed by atoms with Crippen molar-refractivity contribution in [2.24, 2.45) is 0 Å². The Morgan fingerprint density at radius 3 is 3.14 bits per heavy atom. The Balaban J connectivity index is 2.36. The average molecular weight is 218 g/mol. The van der Waals surface area contributed by atoms with Crippen LogP contribution in [-0.2, 0) is 0 Å². The number of rotatable bonds is 1. The molecular formula is C9H4N3S2. The zero-order chi connectivity index (χ0) is 9.38. The van der Waals surface area contributed by atoms with Crippen LogP contribution in [0.25, 0.3) is 20.8 Å². The zero-order valence-corrected chi connectivity index (χ0v) is 8.60. The minimum Gasteiger partial charge on any atom is -0.233 e. The van der Waals surface area contributed by atoms with Gasteiger partial charge in [0.25, 0.3) is 0 Å². The van der Waals surface area contributed by atoms with E-state index >= 15 is 0 Å². The van der Waals surface area contributed by atoms with E-state index in [1.165, 1.54) is 22.7 Å². The van der Waals surface area contributed by atoms with Crippen LogP contribution in [0.3, 0.4) is 0 Å². The van der Waals surface area contributed by atoms with E-state index < -0.39 is 0 Å². The summed E-state index contributed by atoms with van der Waals surface area (Å²) in [6.45, 7) is 0. The molecule has 0 aliphatic carbocycles. The minimum atomic E-state index is 0.912. The van der Waals surface area contributed by atoms with Gasteiger partial charge in [-0.25, -0.2) is 4.98 Å². The smallest absolute Gasteiger partial charge is 0.153 e. The fourth-order valence-corrected chi connectivity index (χ4v) is 2.51. The molecule has 2 heterocycles. The molecular weight excluding hydrogens is 214 g/mol. The first-order valence-corrected chi connectivity index (χ1v) is 5.67. The second-order valence-corrected chi connectivity index (χ2v) is 4.36. The van der Waals surface area contributed by atoms with Crippen molar-refractivity contribution in [3.63, 3.8) is 0 Å². The number of fused-ring (bicyclic) bond motifs is 1. The van der Waals surface area contributed by atoms with Crippen molar-refractivity contribution in [1.82, 2.24) is 15.2 Å². The quantitative estimate of drug-likeness (QED) is 0.630. The summed E-state index contributed by atoms with van der Waals surface area (Å²) in [5, 5.41) is 8.77. The Morgan fingerprint density at radius 2 is 2.29 bits per heavy atom. The van der Waals surface area contributed by atoms with Crippen molar-refractivity contribution >= 4 is 32.9 Å². The third-order valence-corrected chi connectivity index (χ3v) is 3.36. The van der Waals surface area contributed by atoms with Crippen LogP contribution in [0.5, 0.6) is 0 Å². The molecule has 1 radical (unpaired) electrons. The summed E-state index contributed by atoms with van der Waals surface area (Å²) in [6.07, 6.45) is 0. The lowest BCUT2D eigenvalue weighted by Gasteiger charge is -1.95. The Labute approximate surface area is 88.1 Å². The normalized spacial score (nSPS) is 10.9. The van der Waals surface area contributed by atoms with Gasteiger partial charge in [0, 0.05) is 5.56 Å². The number of thiazole rings is 1. The summed E-state index contributed by atoms with van der Waals surface area (Å²) >= 11 is 3.04. The fraction of sp³-hybridized carbons (Fsp3) is 0. The number of hydrogen-bond donors (Lipinski definition) is 0. The Bertz CT molecular complexity index is 556. The van der Waals surface area contributed by atoms with Crippen molar-refractivity contribution in [1.29, 1.82) is 0 Å². The number of nitrogens with zero attached hydrogens (tertiary/aromatic N) is 3. The molecule has 3 aromatic rings. The standard InChI is InChI=1S/C9H4N3S2/c1-2-6(9-12-11-5-14-9)8-7(3-1)13-4-10-8/h1-3,5H. The predicted octanol–water partition coefficient (Wildman–Crippen LogP) is 2.61. The van der Waals surface area contributed by atoms with Crippen LogP contribution in [0.2, 0.25) is 0 Å². The van der Waals surface area contributed by atoms with E-state index in [1.54, 1.807) is 5.51 Å². The van der Waals surface area contributed by atoms with Crippen LogP contribution in [0, 0.1) is 5.51 Å². The summed E-state index contributed by atoms with van der Waals surface area (Å²) in [5.74, 6) is 0. The van der Waals surface area contributed by atoms with Gasteiger partial charge in [0.15, 0.2) is 5.51 Å². The lowest BCUT2D eigenvalue weighted by molar-refractivity contribution is 1.10. The van der Waals surface area contributed by atoms with Crippen molar-refractivity contribution < 1.29 is 0 Å². The fourth-order valence-electron chi connectivity index (χ4n) is 1.30. The molecule has 1 aromatic carbocycles. The van der Waals surface area contributed by atoms with Gasteiger partial charge in [0.05, 0.1) is 10.2 Å². The van der Waals surface area contributed by atoms with Crippen molar-refractivity contribution in [2.45, 2.75) is 0 Å². The van der Waals surface area contributed by atoms with Gasteiger partial charge in [0.2, 0.25) is 0 Å². The highest BCUT2D eigenvalue weighted by Gasteiger charge is 2.08. The SMILES string of the molecule is [c]1nc2c(-c3nncs3)cccc2s1. The monoisotopic (exact) mass is 218 g/mol. The summed E-state index contributed by atoms with van der Waals surface area (Å²) in [4.78, 5) is 4.21. The molecule has 0 atom stereocenters. The molecule has 14 heavy (non-hydrogen) atoms. The van der Waals surface area contributed by atoms with Crippen molar-refractivity contribution in [3.05, 3.63) is 29.2 Å². The van der Waals surface area contributed by atoms with Gasteiger partial charge in [-0.05, 0) is 12.1 Å². The van der Waals surface area contributed by atoms with Crippen LogP contribution in [0.1, 0.15) is 0 Å². The largest absolute Gasteiger partial charge is 0.233 e. The summed E-state index contributed by atoms with van der Waals surface area (Å²) in [5.41, 5.74) is 6.63. The van der Waals surface area contributed by atoms with Gasteiger partial charge in [-0.3, -0.25) is 0 Å². The molecule has 5 heteroatoms. The molecule has 0 bridgehead atoms. The molecule has 0 fully saturated rings. The number of benzene rings is 1. The van der Waals surface area contributed by atoms with Crippen LogP contribution >= 0.6 is 22.7 Å². The zero-order valence-electron chi connectivity index (χ0n) is 6.97. The van der Waals surface area contributed by atoms with E-state index in [2.05, 4.69) is 20.7 Å². The predicted molar refractivity (Wildman–Crippen MR) is 57.4 cm³/mol. The lowest BCUT2D eigenvalue weighted by atomic mass is 10.2. The second-order valence-electron chi connectivity index (χ2n) is 2.70. The molecule has 2 aromatic heterocycles. The Morgan fingerprint density at radius 1 is 1.29 bits per heavy atom. The van der Waals surface area contributed by atoms with E-state index in [-0.39, 0.29) is 0 Å². The van der Waals surface area contributed by atoms with E-state index in [1.807, 2.05) is 18.2 Å². The van der Waals surface area contributed by atoms with E-state index in [9.17, 15) is 0 Å². The van der Waals surface area contributed by atoms with Crippen LogP contribution < -0.4 is 0 Å². The van der Waals surface area contributed by atoms with Gasteiger partial charge in [-0.2, -0.15) is 0 Å². The highest BCUT2D eigenvalue weighted by Crippen LogP contribution is 2.29. The molecule has 0 spiro atoms. The molecule has 3 rings (SSSR count). The molecule has 0 saturated heterocycles. The van der Waals surface area contributed by atoms with E-state index in [0.29, 0.717) is 0 Å². The van der Waals surface area contributed by atoms with Crippen LogP contribution in [-0.4, -0.2) is 15.2 Å². The molecule has 0 unspecified atom stereocenters. The Kier molecular flexibility index (Phi) is 1.78. The first-order chi connectivity index (χ1) is 6.95. The summed E-state index contributed by atoms with van der Waals surface area (Å²) in [7, 11) is 0. The molecule has 0 amide bonds. The maximum absolute atomic E-state index is 4.21. The van der Waals surface area contributed by atoms with Crippen LogP contribution in [0.4, 0.5) is 0 Å². The number of para-hydroxylation sites is 1. The van der Waals surface area contributed by atoms with Crippen LogP contribution in [0.15, 0.2) is 23.7 Å². The summed E-state index contributed by atoms with van der Waals surface area (Å²) in [6, 6.07) is 6.05. The lowest BCUT2D eigenvalue weighted by Crippen LogP contribution is -1.78. The highest BCUT2D eigenvalue weighted by atomic mass is 32.1. The van der Waals surface area contributed by atoms with Gasteiger partial charge in [0.1, 0.15) is 10.5 Å². The molecule has 0 aliphatic rings. The molecule has 0 aliphatic heterocycles. The molecule has 0 N–H and O–H groups in total. The maximum atomic E-state index is 4.21. The van der Waals surface area contributed by atoms with Gasteiger partial charge < -0.3 is 0 Å². The van der Waals surface area contributed by atoms with Gasteiger partial charge in [-0.1, -0.05) is 17.4 Å². The Hall–Kier alpha value is -1.33. The minimum absolute atomic E-state index is 0.912. The van der Waals surface area contributed by atoms with Crippen molar-refractivity contribution in [2.75, 3.05) is 0 Å². The first kappa shape index (κ1) is 8.02. The third kappa shape index (κ3) is 1.13. The maximum Gasteiger partial charge on any atom is 0.153 e. The third-order valence-electron chi connectivity index (χ3n) is 1.90. The molecule has 3 nitrogen and oxygen atoms in total. The second kappa shape index (κ2) is 3.11. The average Bonchev–Trinajstić information content (AvgIpc) is 2.88. The topological polar surface area (TPSA) is 38.7 Å². The van der Waals surface area contributed by atoms with Gasteiger partial charge in [-0.15, -0.1) is 21.5 Å². The molecule has 0 saturated carbocycles. The van der Waals surface area contributed by atoms with Gasteiger partial charge >= 0.3 is 0 Å². The van der Waals surface area contributed by atoms with E-state index in [0.717, 1.165) is 20.8 Å². The molecule has 67 valence electrons. The first-order valence-electron chi connectivity index (χ1n) is 3.97. The number of aromatic nitrogens is 3. The number of hydrogen-bond acceptors (Lipinski definition) is 5. The van der Waals surface area contributed by atoms with E-state index in [4.69, 9.17) is 0 Å². The highest BCUT2D eigenvalue weighted by molar-refractivity contribution is 7.16.